The van der Waals surface area contributed by atoms with E-state index >= 15 is 0 Å². The number of nitrogens with two attached hydrogens (primary N) is 2. The number of carbonyl (C=O) groups is 2. The van der Waals surface area contributed by atoms with Crippen LogP contribution in [0.3, 0.4) is 0 Å². The first-order chi connectivity index (χ1) is 8.56. The Kier molecular flexibility index (Phi) is 2.92. The Morgan fingerprint density at radius 2 is 1.89 bits per heavy atom. The van der Waals surface area contributed by atoms with Gasteiger partial charge in [0.15, 0.2) is 11.5 Å². The third kappa shape index (κ3) is 2.43. The lowest BCUT2D eigenvalue weighted by Crippen LogP contribution is -2.24. The fourth-order valence-corrected chi connectivity index (χ4v) is 1.45. The summed E-state index contributed by atoms with van der Waals surface area (Å²) in [5, 5.41) is 5.33. The van der Waals surface area contributed by atoms with Gasteiger partial charge >= 0.3 is 12.1 Å². The maximum absolute atomic E-state index is 10.9. The first kappa shape index (κ1) is 11.6. The van der Waals surface area contributed by atoms with Crippen LogP contribution in [0.2, 0.25) is 0 Å². The highest BCUT2D eigenvalue weighted by Gasteiger charge is 2.10. The fraction of sp³-hybridized carbons (Fsp3) is 0. The summed E-state index contributed by atoms with van der Waals surface area (Å²) in [4.78, 5) is 29.8. The van der Waals surface area contributed by atoms with Gasteiger partial charge in [0, 0.05) is 11.6 Å². The summed E-state index contributed by atoms with van der Waals surface area (Å²) in [5.41, 5.74) is 10.7. The minimum atomic E-state index is -0.801. The third-order valence-electron chi connectivity index (χ3n) is 2.09. The standard InChI is InChI=1S/C10H10N6O2/c11-9(17)14-6-4-5-2-1-3-13-7(5)15-8(6)16-10(12)18/h1-4H,(H3,11,14,17)(H3,12,13,15,16,18). The zero-order valence-corrected chi connectivity index (χ0v) is 9.18. The van der Waals surface area contributed by atoms with Gasteiger partial charge in [-0.25, -0.2) is 19.6 Å². The number of rotatable bonds is 2. The van der Waals surface area contributed by atoms with E-state index in [4.69, 9.17) is 11.5 Å². The predicted octanol–water partition coefficient (Wildman–Crippen LogP) is 0.611. The van der Waals surface area contributed by atoms with Gasteiger partial charge in [-0.1, -0.05) is 0 Å². The van der Waals surface area contributed by atoms with E-state index in [0.29, 0.717) is 11.0 Å². The second-order valence-electron chi connectivity index (χ2n) is 3.41. The molecule has 4 amide bonds. The second-order valence-corrected chi connectivity index (χ2v) is 3.41. The van der Waals surface area contributed by atoms with Crippen LogP contribution in [0.15, 0.2) is 24.4 Å². The smallest absolute Gasteiger partial charge is 0.317 e. The lowest BCUT2D eigenvalue weighted by atomic mass is 10.2. The van der Waals surface area contributed by atoms with Crippen LogP contribution in [-0.4, -0.2) is 22.0 Å². The summed E-state index contributed by atoms with van der Waals surface area (Å²) in [6.45, 7) is 0. The molecule has 0 spiro atoms. The van der Waals surface area contributed by atoms with E-state index in [1.165, 1.54) is 0 Å². The molecule has 0 aliphatic heterocycles. The number of anilines is 2. The van der Waals surface area contributed by atoms with Crippen molar-refractivity contribution in [2.45, 2.75) is 0 Å². The molecule has 0 aromatic carbocycles. The minimum Gasteiger partial charge on any atom is -0.351 e. The van der Waals surface area contributed by atoms with Crippen LogP contribution >= 0.6 is 0 Å². The number of nitrogens with one attached hydrogen (secondary N) is 2. The number of primary amides is 2. The molecule has 0 aliphatic rings. The quantitative estimate of drug-likeness (QED) is 0.617. The molecule has 0 unspecified atom stereocenters. The topological polar surface area (TPSA) is 136 Å². The van der Waals surface area contributed by atoms with Gasteiger partial charge < -0.3 is 16.8 Å². The number of carbonyl (C=O) groups excluding carboxylic acids is 2. The van der Waals surface area contributed by atoms with Crippen molar-refractivity contribution in [3.05, 3.63) is 24.4 Å². The number of hydrogen-bond acceptors (Lipinski definition) is 4. The van der Waals surface area contributed by atoms with Crippen LogP contribution < -0.4 is 22.1 Å². The molecule has 0 atom stereocenters. The number of pyridine rings is 2. The summed E-state index contributed by atoms with van der Waals surface area (Å²) in [5.74, 6) is 0.0903. The van der Waals surface area contributed by atoms with Gasteiger partial charge in [0.2, 0.25) is 0 Å². The van der Waals surface area contributed by atoms with Gasteiger partial charge in [0.25, 0.3) is 0 Å². The van der Waals surface area contributed by atoms with Crippen molar-refractivity contribution in [2.24, 2.45) is 11.5 Å². The molecular formula is C10H10N6O2. The number of urea groups is 2. The van der Waals surface area contributed by atoms with Crippen molar-refractivity contribution in [1.82, 2.24) is 9.97 Å². The van der Waals surface area contributed by atoms with Crippen molar-refractivity contribution in [2.75, 3.05) is 10.6 Å². The molecule has 0 fully saturated rings. The highest BCUT2D eigenvalue weighted by molar-refractivity contribution is 5.99. The van der Waals surface area contributed by atoms with Gasteiger partial charge in [-0.05, 0) is 18.2 Å². The van der Waals surface area contributed by atoms with E-state index in [-0.39, 0.29) is 11.5 Å². The van der Waals surface area contributed by atoms with Crippen LogP contribution in [0.4, 0.5) is 21.1 Å². The average molecular weight is 246 g/mol. The lowest BCUT2D eigenvalue weighted by Gasteiger charge is -2.09. The maximum Gasteiger partial charge on any atom is 0.317 e. The zero-order chi connectivity index (χ0) is 13.1. The molecule has 0 aliphatic carbocycles. The molecule has 18 heavy (non-hydrogen) atoms. The highest BCUT2D eigenvalue weighted by Crippen LogP contribution is 2.23. The summed E-state index contributed by atoms with van der Waals surface area (Å²) in [6, 6.07) is 3.50. The molecule has 0 radical (unpaired) electrons. The van der Waals surface area contributed by atoms with Crippen molar-refractivity contribution >= 4 is 34.6 Å². The molecule has 2 rings (SSSR count). The van der Waals surface area contributed by atoms with E-state index in [0.717, 1.165) is 0 Å². The predicted molar refractivity (Wildman–Crippen MR) is 66.0 cm³/mol. The molecule has 2 heterocycles. The SMILES string of the molecule is NC(=O)Nc1cc2cccnc2nc1NC(N)=O. The second kappa shape index (κ2) is 4.53. The molecule has 92 valence electrons. The van der Waals surface area contributed by atoms with E-state index in [2.05, 4.69) is 20.6 Å². The lowest BCUT2D eigenvalue weighted by molar-refractivity contribution is 0.258. The van der Waals surface area contributed by atoms with Gasteiger partial charge in [0.1, 0.15) is 0 Å². The normalized spacial score (nSPS) is 10.0. The largest absolute Gasteiger partial charge is 0.351 e. The number of fused-ring (bicyclic) bond motifs is 1. The average Bonchev–Trinajstić information content (AvgIpc) is 2.28. The number of nitrogens with zero attached hydrogens (tertiary/aromatic N) is 2. The molecule has 6 N–H and O–H groups in total. The van der Waals surface area contributed by atoms with Gasteiger partial charge in [0.05, 0.1) is 5.69 Å². The monoisotopic (exact) mass is 246 g/mol. The molecule has 8 heteroatoms. The summed E-state index contributed by atoms with van der Waals surface area (Å²) < 4.78 is 0. The Morgan fingerprint density at radius 3 is 2.56 bits per heavy atom. The molecule has 0 bridgehead atoms. The number of aromatic nitrogens is 2. The van der Waals surface area contributed by atoms with Gasteiger partial charge in [-0.2, -0.15) is 0 Å². The first-order valence-corrected chi connectivity index (χ1v) is 4.95. The first-order valence-electron chi connectivity index (χ1n) is 4.95. The van der Waals surface area contributed by atoms with Crippen LogP contribution in [0.1, 0.15) is 0 Å². The molecule has 2 aromatic rings. The Balaban J connectivity index is 2.55. The molecular weight excluding hydrogens is 236 g/mol. The molecule has 2 aromatic heterocycles. The Labute approximate surface area is 101 Å². The Morgan fingerprint density at radius 1 is 1.17 bits per heavy atom. The Hall–Kier alpha value is -2.90. The molecule has 0 saturated carbocycles. The summed E-state index contributed by atoms with van der Waals surface area (Å²) >= 11 is 0. The summed E-state index contributed by atoms with van der Waals surface area (Å²) in [7, 11) is 0. The van der Waals surface area contributed by atoms with Crippen LogP contribution in [0, 0.1) is 0 Å². The van der Waals surface area contributed by atoms with Crippen LogP contribution in [-0.2, 0) is 0 Å². The van der Waals surface area contributed by atoms with E-state index < -0.39 is 12.1 Å². The molecule has 8 nitrogen and oxygen atoms in total. The van der Waals surface area contributed by atoms with Crippen LogP contribution in [0.25, 0.3) is 11.0 Å². The van der Waals surface area contributed by atoms with Gasteiger partial charge in [-0.15, -0.1) is 0 Å². The van der Waals surface area contributed by atoms with E-state index in [1.807, 2.05) is 0 Å². The Bertz CT molecular complexity index is 572. The maximum atomic E-state index is 10.9. The zero-order valence-electron chi connectivity index (χ0n) is 9.18. The minimum absolute atomic E-state index is 0.0903. The van der Waals surface area contributed by atoms with E-state index in [9.17, 15) is 9.59 Å². The van der Waals surface area contributed by atoms with Crippen molar-refractivity contribution in [3.8, 4) is 0 Å². The van der Waals surface area contributed by atoms with Crippen LogP contribution in [0.5, 0.6) is 0 Å². The van der Waals surface area contributed by atoms with Crippen molar-refractivity contribution < 1.29 is 9.59 Å². The van der Waals surface area contributed by atoms with Gasteiger partial charge in [-0.3, -0.25) is 5.32 Å². The fourth-order valence-electron chi connectivity index (χ4n) is 1.45. The number of amides is 4. The van der Waals surface area contributed by atoms with Crippen molar-refractivity contribution in [1.29, 1.82) is 0 Å². The van der Waals surface area contributed by atoms with Crippen molar-refractivity contribution in [3.63, 3.8) is 0 Å². The third-order valence-corrected chi connectivity index (χ3v) is 2.09. The number of hydrogen-bond donors (Lipinski definition) is 4. The summed E-state index contributed by atoms with van der Waals surface area (Å²) in [6.07, 6.45) is 1.56. The van der Waals surface area contributed by atoms with E-state index in [1.54, 1.807) is 24.4 Å². The molecule has 0 saturated heterocycles. The highest BCUT2D eigenvalue weighted by atomic mass is 16.2.